The summed E-state index contributed by atoms with van der Waals surface area (Å²) in [7, 11) is 1.59. The van der Waals surface area contributed by atoms with Crippen molar-refractivity contribution in [1.29, 1.82) is 0 Å². The SMILES string of the molecule is CCOc1ccc(C2N=C(c3ccc(C(=O)N4CCN(C(=O)OC(C)(C)C)CC4)cc3C)NO2)cc1OC. The van der Waals surface area contributed by atoms with Crippen LogP contribution < -0.4 is 15.0 Å². The van der Waals surface area contributed by atoms with Gasteiger partial charge >= 0.3 is 6.09 Å². The summed E-state index contributed by atoms with van der Waals surface area (Å²) in [6, 6.07) is 11.1. The van der Waals surface area contributed by atoms with Crippen molar-refractivity contribution in [3.8, 4) is 11.5 Å². The van der Waals surface area contributed by atoms with Gasteiger partial charge in [-0.25, -0.2) is 20.1 Å². The number of hydrogen-bond acceptors (Lipinski definition) is 8. The minimum Gasteiger partial charge on any atom is -0.493 e. The van der Waals surface area contributed by atoms with Gasteiger partial charge in [0.1, 0.15) is 5.60 Å². The van der Waals surface area contributed by atoms with E-state index in [9.17, 15) is 9.59 Å². The summed E-state index contributed by atoms with van der Waals surface area (Å²) in [6.07, 6.45) is -0.893. The maximum atomic E-state index is 13.2. The third kappa shape index (κ3) is 6.19. The molecular weight excluding hydrogens is 488 g/mol. The summed E-state index contributed by atoms with van der Waals surface area (Å²) in [5.41, 5.74) is 5.51. The van der Waals surface area contributed by atoms with Gasteiger partial charge in [-0.3, -0.25) is 4.79 Å². The average Bonchev–Trinajstić information content (AvgIpc) is 3.37. The summed E-state index contributed by atoms with van der Waals surface area (Å²) < 4.78 is 16.5. The number of nitrogens with one attached hydrogen (secondary N) is 1. The number of amides is 2. The number of nitrogens with zero attached hydrogens (tertiary/aromatic N) is 3. The molecule has 0 aromatic heterocycles. The maximum Gasteiger partial charge on any atom is 0.410 e. The van der Waals surface area contributed by atoms with Crippen LogP contribution in [0.1, 0.15) is 61.0 Å². The molecule has 1 atom stereocenters. The number of methoxy groups -OCH3 is 1. The molecule has 2 aliphatic rings. The molecule has 1 saturated heterocycles. The standard InChI is InChI=1S/C28H36N4O6/c1-7-36-22-11-9-19(17-23(22)35-6)25-29-24(30-38-25)21-10-8-20(16-18(21)2)26(33)31-12-14-32(15-13-31)27(34)37-28(3,4)5/h8-11,16-17,25H,7,12-15H2,1-6H3,(H,29,30). The van der Waals surface area contributed by atoms with Gasteiger partial charge in [0.2, 0.25) is 6.23 Å². The van der Waals surface area contributed by atoms with E-state index in [1.807, 2.05) is 65.0 Å². The molecule has 38 heavy (non-hydrogen) atoms. The lowest BCUT2D eigenvalue weighted by molar-refractivity contribution is 0.0141. The molecule has 2 aromatic rings. The highest BCUT2D eigenvalue weighted by atomic mass is 16.7. The highest BCUT2D eigenvalue weighted by Gasteiger charge is 2.29. The van der Waals surface area contributed by atoms with E-state index in [1.54, 1.807) is 23.0 Å². The van der Waals surface area contributed by atoms with Gasteiger partial charge in [-0.05, 0) is 64.4 Å². The summed E-state index contributed by atoms with van der Waals surface area (Å²) in [6.45, 7) is 11.7. The van der Waals surface area contributed by atoms with Crippen molar-refractivity contribution >= 4 is 17.8 Å². The normalized spacial score (nSPS) is 17.5. The number of aliphatic imine (C=N–C) groups is 1. The lowest BCUT2D eigenvalue weighted by Crippen LogP contribution is -2.51. The fraction of sp³-hybridized carbons (Fsp3) is 0.464. The molecule has 2 aromatic carbocycles. The lowest BCUT2D eigenvalue weighted by Gasteiger charge is -2.35. The second-order valence-corrected chi connectivity index (χ2v) is 10.2. The van der Waals surface area contributed by atoms with E-state index in [4.69, 9.17) is 24.0 Å². The Labute approximate surface area is 223 Å². The second-order valence-electron chi connectivity index (χ2n) is 10.2. The molecule has 0 saturated carbocycles. The van der Waals surface area contributed by atoms with E-state index in [-0.39, 0.29) is 12.0 Å². The Kier molecular flexibility index (Phi) is 8.11. The minimum atomic E-state index is -0.548. The molecule has 1 N–H and O–H groups in total. The largest absolute Gasteiger partial charge is 0.493 e. The van der Waals surface area contributed by atoms with Crippen LogP contribution >= 0.6 is 0 Å². The molecule has 1 fully saturated rings. The Bertz CT molecular complexity index is 1210. The molecular formula is C28H36N4O6. The van der Waals surface area contributed by atoms with Crippen molar-refractivity contribution in [3.05, 3.63) is 58.7 Å². The molecule has 10 nitrogen and oxygen atoms in total. The van der Waals surface area contributed by atoms with Crippen LogP contribution in [0.15, 0.2) is 41.4 Å². The molecule has 0 aliphatic carbocycles. The highest BCUT2D eigenvalue weighted by molar-refractivity contribution is 6.02. The van der Waals surface area contributed by atoms with Gasteiger partial charge in [0.15, 0.2) is 17.3 Å². The van der Waals surface area contributed by atoms with Gasteiger partial charge in [0.05, 0.1) is 13.7 Å². The first-order valence-electron chi connectivity index (χ1n) is 12.8. The maximum absolute atomic E-state index is 13.2. The second kappa shape index (κ2) is 11.3. The molecule has 10 heteroatoms. The zero-order valence-corrected chi connectivity index (χ0v) is 22.9. The number of carbonyl (C=O) groups is 2. The lowest BCUT2D eigenvalue weighted by atomic mass is 10.0. The first-order valence-corrected chi connectivity index (χ1v) is 12.8. The van der Waals surface area contributed by atoms with Crippen LogP contribution in [-0.2, 0) is 9.57 Å². The number of amidine groups is 1. The van der Waals surface area contributed by atoms with Gasteiger partial charge in [0, 0.05) is 42.9 Å². The summed E-state index contributed by atoms with van der Waals surface area (Å²) in [5, 5.41) is 0. The van der Waals surface area contributed by atoms with Crippen LogP contribution in [0.3, 0.4) is 0 Å². The summed E-state index contributed by atoms with van der Waals surface area (Å²) >= 11 is 0. The van der Waals surface area contributed by atoms with Gasteiger partial charge in [-0.1, -0.05) is 12.1 Å². The predicted molar refractivity (Wildman–Crippen MR) is 143 cm³/mol. The van der Waals surface area contributed by atoms with E-state index < -0.39 is 11.8 Å². The van der Waals surface area contributed by atoms with Crippen LogP contribution in [0.4, 0.5) is 4.79 Å². The average molecular weight is 525 g/mol. The molecule has 4 rings (SSSR count). The fourth-order valence-electron chi connectivity index (χ4n) is 4.32. The Morgan fingerprint density at radius 3 is 2.39 bits per heavy atom. The monoisotopic (exact) mass is 524 g/mol. The molecule has 2 heterocycles. The van der Waals surface area contributed by atoms with Gasteiger partial charge in [-0.15, -0.1) is 0 Å². The third-order valence-corrected chi connectivity index (χ3v) is 6.23. The molecule has 0 radical (unpaired) electrons. The van der Waals surface area contributed by atoms with Crippen LogP contribution in [0.5, 0.6) is 11.5 Å². The molecule has 2 aliphatic heterocycles. The van der Waals surface area contributed by atoms with E-state index in [1.165, 1.54) is 0 Å². The molecule has 2 amide bonds. The highest BCUT2D eigenvalue weighted by Crippen LogP contribution is 2.33. The van der Waals surface area contributed by atoms with E-state index in [0.29, 0.717) is 55.7 Å². The smallest absolute Gasteiger partial charge is 0.410 e. The van der Waals surface area contributed by atoms with Gasteiger partial charge in [0.25, 0.3) is 5.91 Å². The van der Waals surface area contributed by atoms with E-state index >= 15 is 0 Å². The summed E-state index contributed by atoms with van der Waals surface area (Å²) in [4.78, 5) is 39.3. The predicted octanol–water partition coefficient (Wildman–Crippen LogP) is 4.08. The van der Waals surface area contributed by atoms with Crippen molar-refractivity contribution < 1.29 is 28.6 Å². The zero-order chi connectivity index (χ0) is 27.4. The van der Waals surface area contributed by atoms with Crippen molar-refractivity contribution in [2.75, 3.05) is 39.9 Å². The Morgan fingerprint density at radius 1 is 1.05 bits per heavy atom. The molecule has 204 valence electrons. The van der Waals surface area contributed by atoms with Crippen molar-refractivity contribution in [3.63, 3.8) is 0 Å². The van der Waals surface area contributed by atoms with Crippen molar-refractivity contribution in [2.45, 2.75) is 46.4 Å². The molecule has 0 spiro atoms. The Morgan fingerprint density at radius 2 is 1.76 bits per heavy atom. The molecule has 1 unspecified atom stereocenters. The van der Waals surface area contributed by atoms with Crippen LogP contribution in [0.2, 0.25) is 0 Å². The van der Waals surface area contributed by atoms with Crippen LogP contribution in [0, 0.1) is 6.92 Å². The van der Waals surface area contributed by atoms with Gasteiger partial charge < -0.3 is 24.0 Å². The number of piperazine rings is 1. The Balaban J connectivity index is 1.41. The first kappa shape index (κ1) is 27.3. The number of ether oxygens (including phenoxy) is 3. The fourth-order valence-corrected chi connectivity index (χ4v) is 4.32. The number of rotatable bonds is 6. The number of benzene rings is 2. The van der Waals surface area contributed by atoms with E-state index in [0.717, 1.165) is 16.7 Å². The Hall–Kier alpha value is -3.79. The van der Waals surface area contributed by atoms with Crippen molar-refractivity contribution in [2.24, 2.45) is 4.99 Å². The number of hydrogen-bond donors (Lipinski definition) is 1. The van der Waals surface area contributed by atoms with Crippen LogP contribution in [0.25, 0.3) is 0 Å². The first-order chi connectivity index (χ1) is 18.1. The van der Waals surface area contributed by atoms with Crippen LogP contribution in [-0.4, -0.2) is 73.1 Å². The van der Waals surface area contributed by atoms with E-state index in [2.05, 4.69) is 5.48 Å². The summed E-state index contributed by atoms with van der Waals surface area (Å²) in [5.74, 6) is 1.80. The zero-order valence-electron chi connectivity index (χ0n) is 22.9. The molecule has 0 bridgehead atoms. The third-order valence-electron chi connectivity index (χ3n) is 6.23. The quantitative estimate of drug-likeness (QED) is 0.608. The minimum absolute atomic E-state index is 0.0691. The van der Waals surface area contributed by atoms with Gasteiger partial charge in [-0.2, -0.15) is 0 Å². The number of hydroxylamine groups is 1. The number of carbonyl (C=O) groups excluding carboxylic acids is 2. The van der Waals surface area contributed by atoms with Crippen molar-refractivity contribution in [1.82, 2.24) is 15.3 Å². The topological polar surface area (TPSA) is 102 Å². The number of aryl methyl sites for hydroxylation is 1.